The first-order valence-electron chi connectivity index (χ1n) is 41.9. The number of aliphatic hydroxyl groups excluding tert-OH is 2. The van der Waals surface area contributed by atoms with Gasteiger partial charge in [-0.3, -0.25) is 9.59 Å². The number of hydrogen-bond acceptors (Lipinski definition) is 5. The molecule has 1 amide bonds. The molecule has 0 spiro atoms. The van der Waals surface area contributed by atoms with Gasteiger partial charge in [0.15, 0.2) is 0 Å². The van der Waals surface area contributed by atoms with E-state index in [1.54, 1.807) is 0 Å². The summed E-state index contributed by atoms with van der Waals surface area (Å²) in [4.78, 5) is 24.7. The Morgan fingerprint density at radius 2 is 0.522 bits per heavy atom. The third-order valence-corrected chi connectivity index (χ3v) is 20.1. The summed E-state index contributed by atoms with van der Waals surface area (Å²) in [6.45, 7) is 5.02. The SMILES string of the molecule is CCCCCCCCCCCCCCCCCCCCCCCC(O)C(CO)NC(=O)CCCCCCCCCCCCCCCCCCC/C=C\CCCCCCCCCCCCCCCCOC(=O)CCCCCCCCCCCCCCCCCCC. The van der Waals surface area contributed by atoms with Crippen molar-refractivity contribution in [3.63, 3.8) is 0 Å². The number of allylic oxidation sites excluding steroid dienone is 2. The number of rotatable bonds is 80. The van der Waals surface area contributed by atoms with Crippen LogP contribution in [-0.4, -0.2) is 47.4 Å². The lowest BCUT2D eigenvalue weighted by Crippen LogP contribution is -2.45. The summed E-state index contributed by atoms with van der Waals surface area (Å²) in [6.07, 6.45) is 102. The second kappa shape index (κ2) is 80.0. The largest absolute Gasteiger partial charge is 0.466 e. The van der Waals surface area contributed by atoms with E-state index in [1.165, 1.54) is 417 Å². The van der Waals surface area contributed by atoms with Crippen LogP contribution < -0.4 is 5.32 Å². The number of carbonyl (C=O) groups excluding carboxylic acids is 2. The van der Waals surface area contributed by atoms with E-state index >= 15 is 0 Å². The molecule has 0 aromatic carbocycles. The Morgan fingerprint density at radius 3 is 0.789 bits per heavy atom. The summed E-state index contributed by atoms with van der Waals surface area (Å²) < 4.78 is 5.52. The smallest absolute Gasteiger partial charge is 0.305 e. The molecule has 0 aliphatic carbocycles. The van der Waals surface area contributed by atoms with Crippen LogP contribution in [0.1, 0.15) is 489 Å². The Hall–Kier alpha value is -1.40. The topological polar surface area (TPSA) is 95.9 Å². The molecular weight excluding hydrogens is 1100 g/mol. The van der Waals surface area contributed by atoms with E-state index in [1.807, 2.05) is 0 Å². The third-order valence-electron chi connectivity index (χ3n) is 20.1. The number of carbonyl (C=O) groups is 2. The maximum Gasteiger partial charge on any atom is 0.305 e. The lowest BCUT2D eigenvalue weighted by atomic mass is 10.0. The predicted molar refractivity (Wildman–Crippen MR) is 398 cm³/mol. The molecule has 0 rings (SSSR count). The van der Waals surface area contributed by atoms with E-state index in [-0.39, 0.29) is 18.5 Å². The van der Waals surface area contributed by atoms with Crippen molar-refractivity contribution in [3.05, 3.63) is 12.2 Å². The van der Waals surface area contributed by atoms with Gasteiger partial charge in [-0.05, 0) is 51.4 Å². The molecule has 0 aromatic heterocycles. The summed E-state index contributed by atoms with van der Waals surface area (Å²) in [5.41, 5.74) is 0. The normalized spacial score (nSPS) is 12.4. The molecule has 0 aliphatic rings. The Bertz CT molecular complexity index is 1370. The number of esters is 1. The quantitative estimate of drug-likeness (QED) is 0.0320. The second-order valence-electron chi connectivity index (χ2n) is 29.2. The van der Waals surface area contributed by atoms with E-state index in [4.69, 9.17) is 4.74 Å². The monoisotopic (exact) mass is 1270 g/mol. The Morgan fingerprint density at radius 1 is 0.300 bits per heavy atom. The third kappa shape index (κ3) is 75.6. The molecular formula is C84H165NO5. The number of nitrogens with one attached hydrogen (secondary N) is 1. The summed E-state index contributed by atoms with van der Waals surface area (Å²) in [7, 11) is 0. The molecule has 2 unspecified atom stereocenters. The van der Waals surface area contributed by atoms with Gasteiger partial charge in [-0.1, -0.05) is 437 Å². The van der Waals surface area contributed by atoms with E-state index in [2.05, 4.69) is 31.3 Å². The maximum absolute atomic E-state index is 12.6. The standard InChI is InChI=1S/C84H165NO5/c1-3-5-7-9-11-13-15-17-19-21-22-38-41-45-48-52-56-60-64-68-72-76-82(87)81(80-86)85-83(88)77-73-69-65-61-57-53-49-46-42-39-36-34-32-30-28-26-24-23-25-27-29-31-33-35-37-40-43-47-51-55-59-63-67-71-75-79-90-84(89)78-74-70-66-62-58-54-50-44-20-18-16-14-12-10-8-6-4-2/h25,27,81-82,86-87H,3-24,26,28-80H2,1-2H3,(H,85,88)/b27-25-. The summed E-state index contributed by atoms with van der Waals surface area (Å²) in [6, 6.07) is -0.539. The number of amides is 1. The van der Waals surface area contributed by atoms with Crippen LogP contribution in [0.4, 0.5) is 0 Å². The highest BCUT2D eigenvalue weighted by Crippen LogP contribution is 2.21. The zero-order valence-corrected chi connectivity index (χ0v) is 61.7. The highest BCUT2D eigenvalue weighted by Gasteiger charge is 2.20. The first-order valence-corrected chi connectivity index (χ1v) is 41.9. The summed E-state index contributed by atoms with van der Waals surface area (Å²) >= 11 is 0. The van der Waals surface area contributed by atoms with E-state index in [0.717, 1.165) is 38.5 Å². The van der Waals surface area contributed by atoms with Crippen molar-refractivity contribution < 1.29 is 24.5 Å². The minimum atomic E-state index is -0.662. The first kappa shape index (κ1) is 88.6. The molecule has 0 heterocycles. The number of aliphatic hydroxyl groups is 2. The average molecular weight is 1270 g/mol. The lowest BCUT2D eigenvalue weighted by molar-refractivity contribution is -0.143. The predicted octanol–water partition coefficient (Wildman–Crippen LogP) is 27.8. The number of ether oxygens (including phenoxy) is 1. The molecule has 3 N–H and O–H groups in total. The average Bonchev–Trinajstić information content (AvgIpc) is 3.60. The molecule has 0 saturated carbocycles. The van der Waals surface area contributed by atoms with Crippen molar-refractivity contribution in [2.75, 3.05) is 13.2 Å². The van der Waals surface area contributed by atoms with Gasteiger partial charge in [-0.15, -0.1) is 0 Å². The van der Waals surface area contributed by atoms with Gasteiger partial charge in [0.1, 0.15) is 0 Å². The van der Waals surface area contributed by atoms with Crippen molar-refractivity contribution in [2.45, 2.75) is 501 Å². The summed E-state index contributed by atoms with van der Waals surface area (Å²) in [5.74, 6) is 0.000151. The fourth-order valence-electron chi connectivity index (χ4n) is 13.7. The van der Waals surface area contributed by atoms with Gasteiger partial charge in [0, 0.05) is 12.8 Å². The first-order chi connectivity index (χ1) is 44.5. The van der Waals surface area contributed by atoms with E-state index in [0.29, 0.717) is 25.9 Å². The van der Waals surface area contributed by atoms with Crippen molar-refractivity contribution in [3.8, 4) is 0 Å². The van der Waals surface area contributed by atoms with Gasteiger partial charge in [-0.2, -0.15) is 0 Å². The second-order valence-corrected chi connectivity index (χ2v) is 29.2. The highest BCUT2D eigenvalue weighted by molar-refractivity contribution is 5.76. The fraction of sp³-hybridized carbons (Fsp3) is 0.952. The Kier molecular flexibility index (Phi) is 78.8. The van der Waals surface area contributed by atoms with Crippen LogP contribution in [0.3, 0.4) is 0 Å². The molecule has 2 atom stereocenters. The van der Waals surface area contributed by atoms with E-state index in [9.17, 15) is 19.8 Å². The van der Waals surface area contributed by atoms with Crippen molar-refractivity contribution in [1.82, 2.24) is 5.32 Å². The molecule has 6 nitrogen and oxygen atoms in total. The van der Waals surface area contributed by atoms with Crippen LogP contribution in [0.5, 0.6) is 0 Å². The van der Waals surface area contributed by atoms with Crippen molar-refractivity contribution in [1.29, 1.82) is 0 Å². The molecule has 0 saturated heterocycles. The Balaban J connectivity index is 3.33. The molecule has 90 heavy (non-hydrogen) atoms. The lowest BCUT2D eigenvalue weighted by Gasteiger charge is -2.22. The van der Waals surface area contributed by atoms with Gasteiger partial charge >= 0.3 is 5.97 Å². The van der Waals surface area contributed by atoms with E-state index < -0.39 is 12.1 Å². The zero-order chi connectivity index (χ0) is 64.9. The minimum Gasteiger partial charge on any atom is -0.466 e. The molecule has 0 fully saturated rings. The van der Waals surface area contributed by atoms with Gasteiger partial charge in [0.05, 0.1) is 25.4 Å². The van der Waals surface area contributed by atoms with Gasteiger partial charge in [0.25, 0.3) is 0 Å². The molecule has 0 aromatic rings. The van der Waals surface area contributed by atoms with Gasteiger partial charge in [-0.25, -0.2) is 0 Å². The van der Waals surface area contributed by atoms with Gasteiger partial charge in [0.2, 0.25) is 5.91 Å². The van der Waals surface area contributed by atoms with Crippen LogP contribution in [-0.2, 0) is 14.3 Å². The minimum absolute atomic E-state index is 0.0255. The number of hydrogen-bond donors (Lipinski definition) is 3. The summed E-state index contributed by atoms with van der Waals surface area (Å²) in [5, 5.41) is 23.5. The van der Waals surface area contributed by atoms with Crippen LogP contribution in [0, 0.1) is 0 Å². The zero-order valence-electron chi connectivity index (χ0n) is 61.7. The Labute approximate surface area is 565 Å². The maximum atomic E-state index is 12.6. The van der Waals surface area contributed by atoms with Crippen molar-refractivity contribution in [2.24, 2.45) is 0 Å². The molecule has 0 radical (unpaired) electrons. The van der Waals surface area contributed by atoms with Crippen LogP contribution in [0.15, 0.2) is 12.2 Å². The molecule has 536 valence electrons. The molecule has 0 bridgehead atoms. The van der Waals surface area contributed by atoms with Crippen LogP contribution >= 0.6 is 0 Å². The number of unbranched alkanes of at least 4 members (excludes halogenated alkanes) is 67. The molecule has 0 aliphatic heterocycles. The fourth-order valence-corrected chi connectivity index (χ4v) is 13.7. The highest BCUT2D eigenvalue weighted by atomic mass is 16.5. The van der Waals surface area contributed by atoms with Crippen LogP contribution in [0.2, 0.25) is 0 Å². The van der Waals surface area contributed by atoms with Crippen LogP contribution in [0.25, 0.3) is 0 Å². The van der Waals surface area contributed by atoms with Crippen molar-refractivity contribution >= 4 is 11.9 Å². The van der Waals surface area contributed by atoms with Gasteiger partial charge < -0.3 is 20.3 Å². The molecule has 6 heteroatoms.